The standard InChI is InChI=1S/C21H19F7O/c1-2-3-14-4-6-15(7-5-14)8-11-21(27,28)29-16-12-18(22)17(19(23)13-16)9-10-20(24,25)26/h4-7,9-10,12-13H,2-3,8,11H2,1H3/b10-9+. The van der Waals surface area contributed by atoms with Crippen LogP contribution >= 0.6 is 0 Å². The molecule has 0 spiro atoms. The topological polar surface area (TPSA) is 9.23 Å². The molecule has 0 aliphatic rings. The highest BCUT2D eigenvalue weighted by atomic mass is 19.4. The molecule has 0 heterocycles. The number of halogens is 7. The summed E-state index contributed by atoms with van der Waals surface area (Å²) in [7, 11) is 0. The highest BCUT2D eigenvalue weighted by Crippen LogP contribution is 2.30. The second-order valence-electron chi connectivity index (χ2n) is 6.48. The van der Waals surface area contributed by atoms with E-state index in [0.717, 1.165) is 18.4 Å². The minimum atomic E-state index is -4.77. The summed E-state index contributed by atoms with van der Waals surface area (Å²) in [5.41, 5.74) is 0.744. The van der Waals surface area contributed by atoms with E-state index in [1.807, 2.05) is 19.1 Å². The van der Waals surface area contributed by atoms with Gasteiger partial charge in [-0.05, 0) is 30.0 Å². The first-order valence-corrected chi connectivity index (χ1v) is 8.89. The molecule has 0 unspecified atom stereocenters. The number of benzene rings is 2. The van der Waals surface area contributed by atoms with Crippen LogP contribution in [0.2, 0.25) is 0 Å². The third kappa shape index (κ3) is 7.44. The predicted molar refractivity (Wildman–Crippen MR) is 95.8 cm³/mol. The lowest BCUT2D eigenvalue weighted by molar-refractivity contribution is -0.180. The molecule has 29 heavy (non-hydrogen) atoms. The van der Waals surface area contributed by atoms with Crippen LogP contribution in [0.3, 0.4) is 0 Å². The van der Waals surface area contributed by atoms with Gasteiger partial charge in [-0.3, -0.25) is 0 Å². The molecule has 0 N–H and O–H groups in total. The summed E-state index contributed by atoms with van der Waals surface area (Å²) in [6.07, 6.45) is -7.58. The summed E-state index contributed by atoms with van der Waals surface area (Å²) < 4.78 is 96.5. The van der Waals surface area contributed by atoms with Gasteiger partial charge in [-0.25, -0.2) is 8.78 Å². The van der Waals surface area contributed by atoms with Gasteiger partial charge in [-0.2, -0.15) is 22.0 Å². The molecule has 158 valence electrons. The van der Waals surface area contributed by atoms with Crippen molar-refractivity contribution in [3.05, 3.63) is 70.8 Å². The molecule has 0 saturated carbocycles. The molecule has 0 saturated heterocycles. The first kappa shape index (κ1) is 22.8. The second-order valence-corrected chi connectivity index (χ2v) is 6.48. The second kappa shape index (κ2) is 9.33. The molecule has 2 aromatic rings. The molecule has 0 aliphatic heterocycles. The van der Waals surface area contributed by atoms with E-state index < -0.39 is 41.7 Å². The van der Waals surface area contributed by atoms with Crippen molar-refractivity contribution in [3.63, 3.8) is 0 Å². The maximum absolute atomic E-state index is 14.0. The lowest BCUT2D eigenvalue weighted by Crippen LogP contribution is -2.25. The average Bonchev–Trinajstić information content (AvgIpc) is 2.59. The minimum absolute atomic E-state index is 0.0310. The Morgan fingerprint density at radius 3 is 1.86 bits per heavy atom. The Morgan fingerprint density at radius 1 is 0.862 bits per heavy atom. The van der Waals surface area contributed by atoms with Crippen molar-refractivity contribution in [2.75, 3.05) is 0 Å². The normalized spacial score (nSPS) is 12.6. The molecule has 0 aromatic heterocycles. The van der Waals surface area contributed by atoms with Crippen LogP contribution in [-0.2, 0) is 12.8 Å². The summed E-state index contributed by atoms with van der Waals surface area (Å²) in [6, 6.07) is 7.98. The van der Waals surface area contributed by atoms with Gasteiger partial charge in [0.05, 0.1) is 6.42 Å². The summed E-state index contributed by atoms with van der Waals surface area (Å²) in [5, 5.41) is 0. The van der Waals surface area contributed by atoms with Crippen molar-refractivity contribution in [1.29, 1.82) is 0 Å². The van der Waals surface area contributed by atoms with Gasteiger partial charge >= 0.3 is 12.3 Å². The largest absolute Gasteiger partial charge is 0.432 e. The zero-order valence-electron chi connectivity index (χ0n) is 15.5. The number of rotatable bonds is 8. The van der Waals surface area contributed by atoms with Crippen molar-refractivity contribution in [1.82, 2.24) is 0 Å². The maximum Gasteiger partial charge on any atom is 0.409 e. The van der Waals surface area contributed by atoms with Crippen LogP contribution in [0.25, 0.3) is 6.08 Å². The first-order chi connectivity index (χ1) is 13.5. The molecular formula is C21H19F7O. The molecule has 1 nitrogen and oxygen atoms in total. The van der Waals surface area contributed by atoms with Crippen molar-refractivity contribution >= 4 is 6.08 Å². The van der Waals surface area contributed by atoms with E-state index in [1.165, 1.54) is 0 Å². The molecule has 2 aromatic carbocycles. The van der Waals surface area contributed by atoms with E-state index in [-0.39, 0.29) is 18.6 Å². The van der Waals surface area contributed by atoms with Crippen molar-refractivity contribution in [2.24, 2.45) is 0 Å². The van der Waals surface area contributed by atoms with Crippen LogP contribution in [0.1, 0.15) is 36.5 Å². The Morgan fingerprint density at radius 2 is 1.38 bits per heavy atom. The summed E-state index contributed by atoms with van der Waals surface area (Å²) in [4.78, 5) is 0. The Kier molecular flexibility index (Phi) is 7.32. The summed E-state index contributed by atoms with van der Waals surface area (Å²) in [5.74, 6) is -3.70. The molecule has 0 aliphatic carbocycles. The molecule has 0 fully saturated rings. The predicted octanol–water partition coefficient (Wildman–Crippen LogP) is 7.10. The van der Waals surface area contributed by atoms with Crippen LogP contribution in [0.15, 0.2) is 42.5 Å². The van der Waals surface area contributed by atoms with E-state index in [1.54, 1.807) is 12.1 Å². The van der Waals surface area contributed by atoms with E-state index in [0.29, 0.717) is 17.7 Å². The fourth-order valence-corrected chi connectivity index (χ4v) is 2.63. The van der Waals surface area contributed by atoms with Gasteiger partial charge in [0, 0.05) is 23.8 Å². The molecule has 0 amide bonds. The molecule has 8 heteroatoms. The Hall–Kier alpha value is -2.51. The molecular weight excluding hydrogens is 401 g/mol. The Bertz CT molecular complexity index is 816. The van der Waals surface area contributed by atoms with Gasteiger partial charge in [0.25, 0.3) is 0 Å². The van der Waals surface area contributed by atoms with Crippen LogP contribution in [-0.4, -0.2) is 12.3 Å². The lowest BCUT2D eigenvalue weighted by atomic mass is 10.0. The van der Waals surface area contributed by atoms with E-state index in [9.17, 15) is 30.7 Å². The minimum Gasteiger partial charge on any atom is -0.432 e. The lowest BCUT2D eigenvalue weighted by Gasteiger charge is -2.18. The van der Waals surface area contributed by atoms with Gasteiger partial charge in [-0.15, -0.1) is 0 Å². The van der Waals surface area contributed by atoms with Crippen molar-refractivity contribution < 1.29 is 35.5 Å². The zero-order chi connectivity index (χ0) is 21.7. The molecule has 2 rings (SSSR count). The van der Waals surface area contributed by atoms with E-state index in [2.05, 4.69) is 4.74 Å². The number of hydrogen-bond donors (Lipinski definition) is 0. The van der Waals surface area contributed by atoms with Gasteiger partial charge < -0.3 is 4.74 Å². The third-order valence-electron chi connectivity index (χ3n) is 4.03. The maximum atomic E-state index is 14.0. The third-order valence-corrected chi connectivity index (χ3v) is 4.03. The molecule has 0 bridgehead atoms. The average molecular weight is 420 g/mol. The Balaban J connectivity index is 2.04. The number of alkyl halides is 5. The van der Waals surface area contributed by atoms with Crippen LogP contribution in [0.4, 0.5) is 30.7 Å². The van der Waals surface area contributed by atoms with Crippen LogP contribution < -0.4 is 4.74 Å². The van der Waals surface area contributed by atoms with E-state index >= 15 is 0 Å². The SMILES string of the molecule is CCCc1ccc(CCC(F)(F)Oc2cc(F)c(/C=C/C(F)(F)F)c(F)c2)cc1. The first-order valence-electron chi connectivity index (χ1n) is 8.89. The van der Waals surface area contributed by atoms with Crippen LogP contribution in [0.5, 0.6) is 5.75 Å². The number of allylic oxidation sites excluding steroid dienone is 1. The van der Waals surface area contributed by atoms with Crippen molar-refractivity contribution in [2.45, 2.75) is 44.9 Å². The highest BCUT2D eigenvalue weighted by molar-refractivity contribution is 5.53. The summed E-state index contributed by atoms with van der Waals surface area (Å²) >= 11 is 0. The quantitative estimate of drug-likeness (QED) is 0.414. The molecule has 0 radical (unpaired) electrons. The fraction of sp³-hybridized carbons (Fsp3) is 0.333. The van der Waals surface area contributed by atoms with Gasteiger partial charge in [0.1, 0.15) is 17.4 Å². The zero-order valence-corrected chi connectivity index (χ0v) is 15.5. The fourth-order valence-electron chi connectivity index (χ4n) is 2.63. The van der Waals surface area contributed by atoms with Gasteiger partial charge in [-0.1, -0.05) is 37.6 Å². The molecule has 0 atom stereocenters. The highest BCUT2D eigenvalue weighted by Gasteiger charge is 2.32. The Labute approximate surface area is 163 Å². The number of aryl methyl sites for hydroxylation is 2. The van der Waals surface area contributed by atoms with Crippen molar-refractivity contribution in [3.8, 4) is 5.75 Å². The van der Waals surface area contributed by atoms with E-state index in [4.69, 9.17) is 0 Å². The van der Waals surface area contributed by atoms with Gasteiger partial charge in [0.2, 0.25) is 0 Å². The van der Waals surface area contributed by atoms with Crippen LogP contribution in [0, 0.1) is 11.6 Å². The number of hydrogen-bond acceptors (Lipinski definition) is 1. The number of ether oxygens (including phenoxy) is 1. The summed E-state index contributed by atoms with van der Waals surface area (Å²) in [6.45, 7) is 2.02. The monoisotopic (exact) mass is 420 g/mol. The van der Waals surface area contributed by atoms with Gasteiger partial charge in [0.15, 0.2) is 0 Å². The smallest absolute Gasteiger partial charge is 0.409 e.